The standard InChI is InChI=1S/C5H4ClN5O.Na/c1-12-5-10-3(6)9-4(11-5)8-2-7;/h1H3,(H,8,9,10,11);. The van der Waals surface area contributed by atoms with E-state index >= 15 is 0 Å². The zero-order chi connectivity index (χ0) is 8.97. The number of methoxy groups -OCH3 is 1. The van der Waals surface area contributed by atoms with E-state index in [1.165, 1.54) is 7.11 Å². The van der Waals surface area contributed by atoms with Crippen LogP contribution in [0.15, 0.2) is 0 Å². The largest absolute Gasteiger partial charge is 0.467 e. The van der Waals surface area contributed by atoms with Gasteiger partial charge in [-0.1, -0.05) is 0 Å². The van der Waals surface area contributed by atoms with Crippen molar-refractivity contribution in [1.82, 2.24) is 15.0 Å². The summed E-state index contributed by atoms with van der Waals surface area (Å²) in [6.07, 6.45) is 1.65. The molecule has 0 saturated carbocycles. The fourth-order valence-electron chi connectivity index (χ4n) is 0.529. The van der Waals surface area contributed by atoms with Gasteiger partial charge in [0.25, 0.3) is 0 Å². The minimum absolute atomic E-state index is 0. The minimum Gasteiger partial charge on any atom is -0.467 e. The van der Waals surface area contributed by atoms with E-state index in [0.29, 0.717) is 0 Å². The number of hydrogen-bond donors (Lipinski definition) is 1. The molecule has 0 saturated heterocycles. The van der Waals surface area contributed by atoms with Gasteiger partial charge in [-0.05, 0) is 11.6 Å². The molecule has 1 radical (unpaired) electrons. The summed E-state index contributed by atoms with van der Waals surface area (Å²) in [7, 11) is 1.39. The first-order chi connectivity index (χ1) is 5.76. The third-order valence-corrected chi connectivity index (χ3v) is 1.11. The summed E-state index contributed by atoms with van der Waals surface area (Å²) >= 11 is 5.47. The van der Waals surface area contributed by atoms with Crippen molar-refractivity contribution in [2.45, 2.75) is 0 Å². The van der Waals surface area contributed by atoms with E-state index in [-0.39, 0.29) is 46.8 Å². The molecule has 0 aliphatic rings. The number of aromatic nitrogens is 3. The first kappa shape index (κ1) is 12.4. The van der Waals surface area contributed by atoms with Crippen LogP contribution >= 0.6 is 11.6 Å². The molecule has 1 heterocycles. The van der Waals surface area contributed by atoms with Crippen molar-refractivity contribution < 1.29 is 4.74 Å². The van der Waals surface area contributed by atoms with Gasteiger partial charge in [-0.15, -0.1) is 0 Å². The van der Waals surface area contributed by atoms with Crippen molar-refractivity contribution in [3.8, 4) is 12.2 Å². The molecule has 6 nitrogen and oxygen atoms in total. The van der Waals surface area contributed by atoms with Gasteiger partial charge in [0.2, 0.25) is 11.2 Å². The molecule has 0 spiro atoms. The summed E-state index contributed by atoms with van der Waals surface area (Å²) in [5.41, 5.74) is 0. The van der Waals surface area contributed by atoms with Gasteiger partial charge in [-0.25, -0.2) is 0 Å². The van der Waals surface area contributed by atoms with Crippen LogP contribution in [0.4, 0.5) is 5.95 Å². The second-order valence-electron chi connectivity index (χ2n) is 1.65. The predicted octanol–water partition coefficient (Wildman–Crippen LogP) is 0.0458. The molecule has 8 heteroatoms. The number of nitriles is 1. The zero-order valence-corrected chi connectivity index (χ0v) is 9.83. The van der Waals surface area contributed by atoms with E-state index in [2.05, 4.69) is 25.0 Å². The van der Waals surface area contributed by atoms with E-state index < -0.39 is 0 Å². The molecule has 0 bridgehead atoms. The Hall–Kier alpha value is -0.610. The van der Waals surface area contributed by atoms with E-state index in [4.69, 9.17) is 16.9 Å². The third-order valence-electron chi connectivity index (χ3n) is 0.938. The maximum atomic E-state index is 8.23. The van der Waals surface area contributed by atoms with Gasteiger partial charge in [0.05, 0.1) is 7.11 Å². The van der Waals surface area contributed by atoms with E-state index in [9.17, 15) is 0 Å². The summed E-state index contributed by atoms with van der Waals surface area (Å²) in [5, 5.41) is 10.4. The molecular formula is C5H4ClN5NaO. The Morgan fingerprint density at radius 3 is 2.69 bits per heavy atom. The Balaban J connectivity index is 0.00000144. The molecule has 1 aromatic heterocycles. The van der Waals surface area contributed by atoms with Gasteiger partial charge in [0.1, 0.15) is 0 Å². The maximum absolute atomic E-state index is 8.23. The molecule has 0 atom stereocenters. The fourth-order valence-corrected chi connectivity index (χ4v) is 0.681. The number of hydrogen-bond acceptors (Lipinski definition) is 6. The first-order valence-electron chi connectivity index (χ1n) is 2.87. The fraction of sp³-hybridized carbons (Fsp3) is 0.200. The SMILES string of the molecule is COc1nc(Cl)nc(NC#N)n1.[Na]. The topological polar surface area (TPSA) is 83.7 Å². The van der Waals surface area contributed by atoms with Crippen LogP contribution in [0, 0.1) is 11.5 Å². The summed E-state index contributed by atoms with van der Waals surface area (Å²) in [6.45, 7) is 0. The molecule has 0 amide bonds. The van der Waals surface area contributed by atoms with Crippen molar-refractivity contribution in [3.05, 3.63) is 5.28 Å². The van der Waals surface area contributed by atoms with Crippen molar-refractivity contribution in [2.75, 3.05) is 12.4 Å². The third kappa shape index (κ3) is 3.74. The average Bonchev–Trinajstić information content (AvgIpc) is 2.04. The maximum Gasteiger partial charge on any atom is 0.322 e. The normalized spacial score (nSPS) is 8.08. The second kappa shape index (κ2) is 5.94. The van der Waals surface area contributed by atoms with Gasteiger partial charge < -0.3 is 4.74 Å². The summed E-state index contributed by atoms with van der Waals surface area (Å²) in [5.74, 6) is 0.0642. The van der Waals surface area contributed by atoms with Crippen molar-refractivity contribution in [1.29, 1.82) is 5.26 Å². The Bertz CT molecular complexity index is 327. The first-order valence-corrected chi connectivity index (χ1v) is 3.24. The molecule has 1 rings (SSSR count). The van der Waals surface area contributed by atoms with E-state index in [0.717, 1.165) is 0 Å². The molecule has 0 aliphatic carbocycles. The van der Waals surface area contributed by atoms with Crippen LogP contribution < -0.4 is 10.1 Å². The van der Waals surface area contributed by atoms with Gasteiger partial charge in [0, 0.05) is 29.6 Å². The van der Waals surface area contributed by atoms with Crippen LogP contribution in [-0.4, -0.2) is 51.6 Å². The molecule has 0 fully saturated rings. The summed E-state index contributed by atoms with van der Waals surface area (Å²) < 4.78 is 4.69. The van der Waals surface area contributed by atoms with Crippen LogP contribution in [0.3, 0.4) is 0 Å². The second-order valence-corrected chi connectivity index (χ2v) is 1.99. The summed E-state index contributed by atoms with van der Waals surface area (Å²) in [4.78, 5) is 10.9. The minimum atomic E-state index is -0.0281. The zero-order valence-electron chi connectivity index (χ0n) is 7.08. The molecule has 13 heavy (non-hydrogen) atoms. The van der Waals surface area contributed by atoms with Crippen molar-refractivity contribution in [3.63, 3.8) is 0 Å². The molecule has 1 N–H and O–H groups in total. The van der Waals surface area contributed by atoms with Gasteiger partial charge in [0.15, 0.2) is 6.19 Å². The number of anilines is 1. The van der Waals surface area contributed by atoms with Crippen LogP contribution in [0.2, 0.25) is 5.28 Å². The molecule has 1 aromatic rings. The number of ether oxygens (including phenoxy) is 1. The molecule has 0 aliphatic heterocycles. The number of nitrogens with zero attached hydrogens (tertiary/aromatic N) is 4. The van der Waals surface area contributed by atoms with Gasteiger partial charge in [-0.2, -0.15) is 20.2 Å². The quantitative estimate of drug-likeness (QED) is 0.420. The van der Waals surface area contributed by atoms with Crippen molar-refractivity contribution >= 4 is 47.1 Å². The number of nitrogens with one attached hydrogen (secondary N) is 1. The Kier molecular flexibility index (Phi) is 5.66. The number of rotatable bonds is 2. The Morgan fingerprint density at radius 1 is 1.46 bits per heavy atom. The van der Waals surface area contributed by atoms with Gasteiger partial charge in [-0.3, -0.25) is 5.32 Å². The van der Waals surface area contributed by atoms with E-state index in [1.54, 1.807) is 6.19 Å². The summed E-state index contributed by atoms with van der Waals surface area (Å²) in [6, 6.07) is 0.0627. The van der Waals surface area contributed by atoms with Crippen LogP contribution in [0.1, 0.15) is 0 Å². The Labute approximate surface area is 102 Å². The molecule has 0 unspecified atom stereocenters. The van der Waals surface area contributed by atoms with Crippen LogP contribution in [0.25, 0.3) is 0 Å². The van der Waals surface area contributed by atoms with Crippen LogP contribution in [0.5, 0.6) is 6.01 Å². The Morgan fingerprint density at radius 2 is 2.15 bits per heavy atom. The monoisotopic (exact) mass is 208 g/mol. The molecular weight excluding hydrogens is 205 g/mol. The van der Waals surface area contributed by atoms with E-state index in [1.807, 2.05) is 0 Å². The predicted molar refractivity (Wildman–Crippen MR) is 46.4 cm³/mol. The average molecular weight is 209 g/mol. The van der Waals surface area contributed by atoms with Crippen molar-refractivity contribution in [2.24, 2.45) is 0 Å². The molecule has 0 aromatic carbocycles. The smallest absolute Gasteiger partial charge is 0.322 e. The number of halogens is 1. The molecule has 63 valence electrons. The van der Waals surface area contributed by atoms with Gasteiger partial charge >= 0.3 is 6.01 Å². The van der Waals surface area contributed by atoms with Crippen LogP contribution in [-0.2, 0) is 0 Å².